The maximum Gasteiger partial charge on any atom is 0.394 e. The summed E-state index contributed by atoms with van der Waals surface area (Å²) in [6.45, 7) is 2.39. The fourth-order valence-electron chi connectivity index (χ4n) is 8.83. The number of para-hydroxylation sites is 2. The molecule has 8 atom stereocenters. The molecule has 2 unspecified atom stereocenters. The first kappa shape index (κ1) is 25.7. The Morgan fingerprint density at radius 3 is 2.03 bits per heavy atom. The number of hydrogen-bond acceptors (Lipinski definition) is 4. The number of anilines is 2. The molecule has 0 aliphatic heterocycles. The maximum absolute atomic E-state index is 13.1. The van der Waals surface area contributed by atoms with E-state index >= 15 is 0 Å². The molecule has 8 nitrogen and oxygen atoms in total. The zero-order valence-corrected chi connectivity index (χ0v) is 21.5. The highest BCUT2D eigenvalue weighted by Crippen LogP contribution is 2.56. The van der Waals surface area contributed by atoms with E-state index in [4.69, 9.17) is 5.11 Å². The Hall–Kier alpha value is -2.90. The van der Waals surface area contributed by atoms with Crippen molar-refractivity contribution < 1.29 is 29.4 Å². The van der Waals surface area contributed by atoms with Crippen molar-refractivity contribution in [2.45, 2.75) is 77.2 Å². The van der Waals surface area contributed by atoms with Gasteiger partial charge in [-0.15, -0.1) is 0 Å². The largest absolute Gasteiger partial charge is 0.474 e. The van der Waals surface area contributed by atoms with Gasteiger partial charge in [-0.2, -0.15) is 0 Å². The minimum absolute atomic E-state index is 0.131. The second-order valence-electron chi connectivity index (χ2n) is 12.2. The first-order valence-electron chi connectivity index (χ1n) is 13.9. The third kappa shape index (κ3) is 5.25. The van der Waals surface area contributed by atoms with Crippen molar-refractivity contribution in [1.82, 2.24) is 0 Å². The lowest BCUT2D eigenvalue weighted by molar-refractivity contribution is -0.149. The molecule has 4 aliphatic carbocycles. The summed E-state index contributed by atoms with van der Waals surface area (Å²) in [6, 6.07) is 6.08. The molecule has 0 radical (unpaired) electrons. The van der Waals surface area contributed by atoms with E-state index in [0.29, 0.717) is 17.8 Å². The Kier molecular flexibility index (Phi) is 7.28. The molecule has 8 heteroatoms. The van der Waals surface area contributed by atoms with Crippen LogP contribution in [-0.4, -0.2) is 40.0 Å². The van der Waals surface area contributed by atoms with Crippen molar-refractivity contribution in [3.8, 4) is 0 Å². The first-order chi connectivity index (χ1) is 17.7. The van der Waals surface area contributed by atoms with Gasteiger partial charge in [-0.3, -0.25) is 14.5 Å². The molecule has 4 aliphatic rings. The van der Waals surface area contributed by atoms with Gasteiger partial charge in [0, 0.05) is 6.04 Å². The van der Waals surface area contributed by atoms with Gasteiger partial charge in [0.05, 0.1) is 11.4 Å². The molecule has 1 aromatic rings. The Bertz CT molecular complexity index is 1040. The number of nitrogens with one attached hydrogen (secondary N) is 1. The SMILES string of the molecule is CC1C[C@@H]2C[C@H](C1)C[C@H]([C@@H]1[C@@H]3CCC[C@H]1CC(N(C(=O)C(=O)O)c1ccccc1NC(=O)C(=O)O)C3)C2. The normalized spacial score (nSPS) is 34.7. The molecule has 1 aromatic carbocycles. The molecule has 5 rings (SSSR count). The van der Waals surface area contributed by atoms with Gasteiger partial charge in [-0.1, -0.05) is 38.3 Å². The Balaban J connectivity index is 1.41. The van der Waals surface area contributed by atoms with Crippen LogP contribution in [0.4, 0.5) is 11.4 Å². The summed E-state index contributed by atoms with van der Waals surface area (Å²) in [7, 11) is 0. The zero-order chi connectivity index (χ0) is 26.3. The van der Waals surface area contributed by atoms with Gasteiger partial charge in [-0.25, -0.2) is 9.59 Å². The predicted octanol–water partition coefficient (Wildman–Crippen LogP) is 4.78. The molecule has 0 spiro atoms. The van der Waals surface area contributed by atoms with Crippen LogP contribution in [0.2, 0.25) is 0 Å². The standard InChI is InChI=1S/C29H38N2O6/c1-16-9-17-11-18(10-16)13-21(12-17)25-19-5-4-6-20(25)15-22(14-19)31(27(33)29(36)37)24-8-3-2-7-23(24)30-26(32)28(34)35/h2-3,7-8,16-22,25H,4-6,9-15H2,1H3,(H,30,32)(H,34,35)(H,36,37)/t16?,17-,18+,19-,20+,21-,22?,25-. The number of carboxylic acids is 2. The van der Waals surface area contributed by atoms with Crippen LogP contribution in [-0.2, 0) is 19.2 Å². The number of hydrogen-bond donors (Lipinski definition) is 3. The van der Waals surface area contributed by atoms with Crippen LogP contribution in [0.5, 0.6) is 0 Å². The van der Waals surface area contributed by atoms with Crippen LogP contribution in [0, 0.1) is 41.4 Å². The van der Waals surface area contributed by atoms with E-state index in [1.54, 1.807) is 18.2 Å². The maximum atomic E-state index is 13.1. The number of fused-ring (bicyclic) bond motifs is 4. The number of rotatable bonds is 4. The van der Waals surface area contributed by atoms with Crippen molar-refractivity contribution >= 4 is 35.1 Å². The van der Waals surface area contributed by atoms with Crippen LogP contribution in [0.15, 0.2) is 24.3 Å². The molecule has 0 saturated heterocycles. The lowest BCUT2D eigenvalue weighted by Gasteiger charge is -2.54. The summed E-state index contributed by atoms with van der Waals surface area (Å²) in [6.07, 6.45) is 11.6. The second-order valence-corrected chi connectivity index (χ2v) is 12.2. The van der Waals surface area contributed by atoms with Gasteiger partial charge >= 0.3 is 23.8 Å². The van der Waals surface area contributed by atoms with Crippen LogP contribution in [0.25, 0.3) is 0 Å². The molecular formula is C29H38N2O6. The van der Waals surface area contributed by atoms with E-state index < -0.39 is 23.8 Å². The van der Waals surface area contributed by atoms with Crippen LogP contribution < -0.4 is 10.2 Å². The minimum Gasteiger partial charge on any atom is -0.474 e. The quantitative estimate of drug-likeness (QED) is 0.501. The van der Waals surface area contributed by atoms with Gasteiger partial charge in [0.1, 0.15) is 0 Å². The number of carboxylic acid groups (broad SMARTS) is 2. The van der Waals surface area contributed by atoms with Gasteiger partial charge in [0.2, 0.25) is 0 Å². The van der Waals surface area contributed by atoms with E-state index in [2.05, 4.69) is 12.2 Å². The van der Waals surface area contributed by atoms with Crippen molar-refractivity contribution in [3.63, 3.8) is 0 Å². The molecule has 0 heterocycles. The van der Waals surface area contributed by atoms with E-state index in [0.717, 1.165) is 49.4 Å². The fourth-order valence-corrected chi connectivity index (χ4v) is 8.83. The number of carbonyl (C=O) groups is 4. The molecule has 4 bridgehead atoms. The Morgan fingerprint density at radius 1 is 0.811 bits per heavy atom. The predicted molar refractivity (Wildman–Crippen MR) is 138 cm³/mol. The fraction of sp³-hybridized carbons (Fsp3) is 0.655. The average molecular weight is 511 g/mol. The average Bonchev–Trinajstić information content (AvgIpc) is 2.83. The highest BCUT2D eigenvalue weighted by atomic mass is 16.4. The van der Waals surface area contributed by atoms with Crippen LogP contribution in [0.3, 0.4) is 0 Å². The molecule has 4 saturated carbocycles. The summed E-state index contributed by atoms with van der Waals surface area (Å²) >= 11 is 0. The lowest BCUT2D eigenvalue weighted by atomic mass is 9.53. The van der Waals surface area contributed by atoms with Gasteiger partial charge in [0.25, 0.3) is 0 Å². The third-order valence-corrected chi connectivity index (χ3v) is 9.72. The smallest absolute Gasteiger partial charge is 0.394 e. The molecule has 200 valence electrons. The number of carbonyl (C=O) groups excluding carboxylic acids is 2. The lowest BCUT2D eigenvalue weighted by Crippen LogP contribution is -2.53. The molecule has 4 fully saturated rings. The van der Waals surface area contributed by atoms with Gasteiger partial charge < -0.3 is 15.5 Å². The van der Waals surface area contributed by atoms with Gasteiger partial charge in [-0.05, 0) is 98.5 Å². The van der Waals surface area contributed by atoms with Crippen LogP contribution in [0.1, 0.15) is 71.1 Å². The van der Waals surface area contributed by atoms with Crippen molar-refractivity contribution in [2.24, 2.45) is 41.4 Å². The van der Waals surface area contributed by atoms with E-state index in [-0.39, 0.29) is 17.4 Å². The Labute approximate surface area is 217 Å². The first-order valence-corrected chi connectivity index (χ1v) is 13.9. The number of amides is 2. The summed E-state index contributed by atoms with van der Waals surface area (Å²) in [5, 5.41) is 21.1. The van der Waals surface area contributed by atoms with E-state index in [9.17, 15) is 24.3 Å². The summed E-state index contributed by atoms with van der Waals surface area (Å²) < 4.78 is 0. The summed E-state index contributed by atoms with van der Waals surface area (Å²) in [4.78, 5) is 49.4. The highest BCUT2D eigenvalue weighted by Gasteiger charge is 2.49. The number of benzene rings is 1. The molecule has 37 heavy (non-hydrogen) atoms. The Morgan fingerprint density at radius 2 is 1.43 bits per heavy atom. The van der Waals surface area contributed by atoms with Crippen molar-refractivity contribution in [2.75, 3.05) is 10.2 Å². The topological polar surface area (TPSA) is 124 Å². The minimum atomic E-state index is -1.65. The molecule has 2 amide bonds. The van der Waals surface area contributed by atoms with Crippen molar-refractivity contribution in [1.29, 1.82) is 0 Å². The van der Waals surface area contributed by atoms with Crippen molar-refractivity contribution in [3.05, 3.63) is 24.3 Å². The third-order valence-electron chi connectivity index (χ3n) is 9.72. The zero-order valence-electron chi connectivity index (χ0n) is 21.5. The number of aliphatic carboxylic acids is 2. The number of nitrogens with zero attached hydrogens (tertiary/aromatic N) is 1. The molecule has 3 N–H and O–H groups in total. The van der Waals surface area contributed by atoms with E-state index in [1.165, 1.54) is 49.5 Å². The van der Waals surface area contributed by atoms with Gasteiger partial charge in [0.15, 0.2) is 0 Å². The van der Waals surface area contributed by atoms with E-state index in [1.807, 2.05) is 0 Å². The summed E-state index contributed by atoms with van der Waals surface area (Å²) in [5.41, 5.74) is 0.373. The monoisotopic (exact) mass is 510 g/mol. The molecule has 0 aromatic heterocycles. The summed E-state index contributed by atoms with van der Waals surface area (Å²) in [5.74, 6) is -0.724. The second kappa shape index (κ2) is 10.5. The molecular weight excluding hydrogens is 472 g/mol. The highest BCUT2D eigenvalue weighted by molar-refractivity contribution is 6.39. The van der Waals surface area contributed by atoms with Crippen LogP contribution >= 0.6 is 0 Å².